The van der Waals surface area contributed by atoms with E-state index < -0.39 is 97.5 Å². The predicted molar refractivity (Wildman–Crippen MR) is 345 cm³/mol. The van der Waals surface area contributed by atoms with E-state index in [2.05, 4.69) is 34.6 Å². The molecule has 0 heterocycles. The number of ether oxygens (including phenoxy) is 4. The molecular weight excluding hydrogens is 1140 g/mol. The fraction of sp³-hybridized carbons (Fsp3) is 0.940. The lowest BCUT2D eigenvalue weighted by molar-refractivity contribution is -0.161. The van der Waals surface area contributed by atoms with Crippen LogP contribution in [0, 0.1) is 5.92 Å². The van der Waals surface area contributed by atoms with Crippen molar-refractivity contribution in [1.82, 2.24) is 0 Å². The van der Waals surface area contributed by atoms with Crippen molar-refractivity contribution in [3.05, 3.63) is 0 Å². The van der Waals surface area contributed by atoms with Gasteiger partial charge in [0.25, 0.3) is 0 Å². The number of aliphatic hydroxyl groups excluding tert-OH is 1. The minimum Gasteiger partial charge on any atom is -0.462 e. The van der Waals surface area contributed by atoms with Crippen molar-refractivity contribution in [2.75, 3.05) is 39.6 Å². The second kappa shape index (κ2) is 60.6. The monoisotopic (exact) mass is 1270 g/mol. The zero-order valence-electron chi connectivity index (χ0n) is 55.4. The zero-order chi connectivity index (χ0) is 63.5. The number of unbranched alkanes of at least 4 members (excludes halogenated alkanes) is 38. The van der Waals surface area contributed by atoms with Gasteiger partial charge in [-0.25, -0.2) is 9.13 Å². The van der Waals surface area contributed by atoms with Crippen LogP contribution >= 0.6 is 15.6 Å². The molecule has 6 atom stereocenters. The van der Waals surface area contributed by atoms with Gasteiger partial charge < -0.3 is 33.8 Å². The third-order valence-electron chi connectivity index (χ3n) is 15.9. The Balaban J connectivity index is 5.25. The molecule has 0 bridgehead atoms. The summed E-state index contributed by atoms with van der Waals surface area (Å²) in [6, 6.07) is 0. The van der Waals surface area contributed by atoms with E-state index in [-0.39, 0.29) is 25.7 Å². The molecule has 86 heavy (non-hydrogen) atoms. The highest BCUT2D eigenvalue weighted by Gasteiger charge is 2.30. The molecule has 0 saturated carbocycles. The van der Waals surface area contributed by atoms with Gasteiger partial charge in [0.15, 0.2) is 12.2 Å². The fourth-order valence-corrected chi connectivity index (χ4v) is 11.7. The van der Waals surface area contributed by atoms with E-state index in [0.717, 1.165) is 102 Å². The summed E-state index contributed by atoms with van der Waals surface area (Å²) in [4.78, 5) is 72.4. The Kier molecular flexibility index (Phi) is 59.2. The van der Waals surface area contributed by atoms with E-state index in [1.165, 1.54) is 161 Å². The quantitative estimate of drug-likeness (QED) is 0.0222. The minimum atomic E-state index is -4.95. The summed E-state index contributed by atoms with van der Waals surface area (Å²) >= 11 is 0. The second-order valence-electron chi connectivity index (χ2n) is 24.5. The van der Waals surface area contributed by atoms with E-state index in [1.807, 2.05) is 0 Å². The fourth-order valence-electron chi connectivity index (χ4n) is 10.1. The Labute approximate surface area is 524 Å². The number of phosphoric acid groups is 2. The summed E-state index contributed by atoms with van der Waals surface area (Å²) in [5.74, 6) is -1.39. The smallest absolute Gasteiger partial charge is 0.462 e. The molecule has 0 aliphatic heterocycles. The van der Waals surface area contributed by atoms with Gasteiger partial charge in [-0.2, -0.15) is 0 Å². The molecule has 3 unspecified atom stereocenters. The van der Waals surface area contributed by atoms with Gasteiger partial charge in [-0.1, -0.05) is 291 Å². The molecule has 17 nitrogen and oxygen atoms in total. The van der Waals surface area contributed by atoms with E-state index in [1.54, 1.807) is 0 Å². The molecule has 510 valence electrons. The highest BCUT2D eigenvalue weighted by atomic mass is 31.2. The summed E-state index contributed by atoms with van der Waals surface area (Å²) < 4.78 is 68.1. The Bertz CT molecular complexity index is 1670. The highest BCUT2D eigenvalue weighted by molar-refractivity contribution is 7.47. The molecule has 0 rings (SSSR count). The number of esters is 4. The van der Waals surface area contributed by atoms with Crippen LogP contribution in [-0.2, 0) is 65.4 Å². The topological polar surface area (TPSA) is 237 Å². The molecule has 0 amide bonds. The van der Waals surface area contributed by atoms with Crippen molar-refractivity contribution < 1.29 is 80.2 Å². The van der Waals surface area contributed by atoms with Crippen LogP contribution in [0.2, 0.25) is 0 Å². The first-order chi connectivity index (χ1) is 41.6. The van der Waals surface area contributed by atoms with Gasteiger partial charge in [-0.05, 0) is 31.6 Å². The number of rotatable bonds is 67. The number of hydrogen-bond donors (Lipinski definition) is 3. The van der Waals surface area contributed by atoms with Crippen LogP contribution in [0.15, 0.2) is 0 Å². The maximum absolute atomic E-state index is 13.0. The molecule has 3 N–H and O–H groups in total. The van der Waals surface area contributed by atoms with E-state index in [9.17, 15) is 43.2 Å². The molecular formula is C67H130O17P2. The molecule has 0 aliphatic carbocycles. The van der Waals surface area contributed by atoms with Gasteiger partial charge in [0.1, 0.15) is 19.3 Å². The van der Waals surface area contributed by atoms with Gasteiger partial charge in [-0.15, -0.1) is 0 Å². The van der Waals surface area contributed by atoms with Gasteiger partial charge >= 0.3 is 39.5 Å². The van der Waals surface area contributed by atoms with Gasteiger partial charge in [0.2, 0.25) is 0 Å². The van der Waals surface area contributed by atoms with Crippen LogP contribution in [0.1, 0.15) is 343 Å². The average Bonchev–Trinajstić information content (AvgIpc) is 3.70. The second-order valence-corrected chi connectivity index (χ2v) is 27.4. The van der Waals surface area contributed by atoms with Crippen LogP contribution in [-0.4, -0.2) is 96.7 Å². The molecule has 0 aromatic rings. The minimum absolute atomic E-state index is 0.107. The number of carbonyl (C=O) groups is 4. The first-order valence-corrected chi connectivity index (χ1v) is 38.2. The normalized spacial score (nSPS) is 14.5. The summed E-state index contributed by atoms with van der Waals surface area (Å²) in [6.07, 6.45) is 45.6. The largest absolute Gasteiger partial charge is 0.472 e. The molecule has 19 heteroatoms. The average molecular weight is 1270 g/mol. The lowest BCUT2D eigenvalue weighted by atomic mass is 10.00. The van der Waals surface area contributed by atoms with Crippen molar-refractivity contribution in [2.24, 2.45) is 5.92 Å². The van der Waals surface area contributed by atoms with E-state index in [0.29, 0.717) is 25.7 Å². The summed E-state index contributed by atoms with van der Waals surface area (Å²) in [5, 5.41) is 10.6. The van der Waals surface area contributed by atoms with Gasteiger partial charge in [-0.3, -0.25) is 37.3 Å². The Hall–Kier alpha value is -1.94. The number of hydrogen-bond acceptors (Lipinski definition) is 15. The third-order valence-corrected chi connectivity index (χ3v) is 17.8. The van der Waals surface area contributed by atoms with Crippen molar-refractivity contribution >= 4 is 39.5 Å². The molecule has 0 fully saturated rings. The van der Waals surface area contributed by atoms with Crippen LogP contribution in [0.5, 0.6) is 0 Å². The lowest BCUT2D eigenvalue weighted by Gasteiger charge is -2.21. The van der Waals surface area contributed by atoms with Gasteiger partial charge in [0.05, 0.1) is 26.4 Å². The Morgan fingerprint density at radius 2 is 0.558 bits per heavy atom. The number of phosphoric ester groups is 2. The SMILES string of the molecule is CCCCCCCCCCCCCCC(=O)OC[C@H](COP(=O)(O)OC[C@@H](O)COP(=O)(O)OC[C@@H](COC(=O)CCCCCCCCC(C)CC)OC(=O)CCCCCCCCCCCCCC)OC(=O)CCCCCCCCCCCCCC. The zero-order valence-corrected chi connectivity index (χ0v) is 57.2. The maximum Gasteiger partial charge on any atom is 0.472 e. The molecule has 0 aliphatic rings. The van der Waals surface area contributed by atoms with Crippen molar-refractivity contribution in [3.63, 3.8) is 0 Å². The van der Waals surface area contributed by atoms with Crippen molar-refractivity contribution in [1.29, 1.82) is 0 Å². The molecule has 0 aromatic carbocycles. The molecule has 0 radical (unpaired) electrons. The standard InChI is InChI=1S/C67H130O17P2/c1-6-10-13-16-19-22-25-28-31-34-40-45-50-64(69)77-56-62(83-66(71)52-47-42-35-32-29-26-23-20-17-14-11-7-2)58-81-85(73,74)79-54-61(68)55-80-86(75,76)82-59-63(57-78-65(70)51-46-41-38-37-39-44-49-60(5)9-4)84-67(72)53-48-43-36-33-30-27-24-21-18-15-12-8-3/h60-63,68H,6-59H2,1-5H3,(H,73,74)(H,75,76)/t60?,61-,62-,63-/m1/s1. The number of carbonyl (C=O) groups excluding carboxylic acids is 4. The van der Waals surface area contributed by atoms with Crippen LogP contribution in [0.3, 0.4) is 0 Å². The Morgan fingerprint density at radius 3 is 0.826 bits per heavy atom. The first-order valence-electron chi connectivity index (χ1n) is 35.2. The lowest BCUT2D eigenvalue weighted by Crippen LogP contribution is -2.30. The highest BCUT2D eigenvalue weighted by Crippen LogP contribution is 2.45. The predicted octanol–water partition coefficient (Wildman–Crippen LogP) is 19.0. The van der Waals surface area contributed by atoms with E-state index >= 15 is 0 Å². The first kappa shape index (κ1) is 84.1. The van der Waals surface area contributed by atoms with Crippen LogP contribution < -0.4 is 0 Å². The summed E-state index contributed by atoms with van der Waals surface area (Å²) in [7, 11) is -9.89. The molecule has 0 spiro atoms. The molecule has 0 aromatic heterocycles. The molecule has 0 saturated heterocycles. The summed E-state index contributed by atoms with van der Waals surface area (Å²) in [5.41, 5.74) is 0. The van der Waals surface area contributed by atoms with Crippen LogP contribution in [0.25, 0.3) is 0 Å². The van der Waals surface area contributed by atoms with Gasteiger partial charge in [0, 0.05) is 25.7 Å². The van der Waals surface area contributed by atoms with Crippen molar-refractivity contribution in [2.45, 2.75) is 361 Å². The van der Waals surface area contributed by atoms with E-state index in [4.69, 9.17) is 37.0 Å². The van der Waals surface area contributed by atoms with Crippen molar-refractivity contribution in [3.8, 4) is 0 Å². The van der Waals surface area contributed by atoms with Crippen LogP contribution in [0.4, 0.5) is 0 Å². The maximum atomic E-state index is 13.0. The number of aliphatic hydroxyl groups is 1. The third kappa shape index (κ3) is 59.7. The summed E-state index contributed by atoms with van der Waals surface area (Å²) in [6.45, 7) is 7.18. The Morgan fingerprint density at radius 1 is 0.326 bits per heavy atom.